The summed E-state index contributed by atoms with van der Waals surface area (Å²) in [5, 5.41) is 6.99. The minimum absolute atomic E-state index is 0.0582. The molecular weight excluding hydrogens is 193 g/mol. The lowest BCUT2D eigenvalue weighted by molar-refractivity contribution is -0.0594. The Morgan fingerprint density at radius 2 is 2.07 bits per heavy atom. The maximum absolute atomic E-state index is 12.0. The number of halogens is 3. The number of alkyl halides is 3. The smallest absolute Gasteiger partial charge is 0.313 e. The van der Waals surface area contributed by atoms with Crippen molar-refractivity contribution in [2.45, 2.75) is 32.9 Å². The van der Waals surface area contributed by atoms with E-state index in [9.17, 15) is 13.2 Å². The van der Waals surface area contributed by atoms with Gasteiger partial charge in [0.15, 0.2) is 0 Å². The van der Waals surface area contributed by atoms with E-state index in [1.54, 1.807) is 0 Å². The number of hydrogen-bond donors (Lipinski definition) is 1. The molecule has 1 N–H and O–H groups in total. The molecule has 0 aromatic rings. The fraction of sp³-hybridized carbons (Fsp3) is 0.778. The average molecular weight is 208 g/mol. The highest BCUT2D eigenvalue weighted by Gasteiger charge is 2.31. The Morgan fingerprint density at radius 3 is 2.43 bits per heavy atom. The normalized spacial score (nSPS) is 15.4. The van der Waals surface area contributed by atoms with Crippen molar-refractivity contribution in [2.24, 2.45) is 10.9 Å². The van der Waals surface area contributed by atoms with Gasteiger partial charge in [-0.1, -0.05) is 13.3 Å². The van der Waals surface area contributed by atoms with Gasteiger partial charge < -0.3 is 5.41 Å². The number of rotatable bonds is 5. The van der Waals surface area contributed by atoms with Crippen LogP contribution in [0.5, 0.6) is 0 Å². The van der Waals surface area contributed by atoms with Crippen molar-refractivity contribution >= 4 is 11.9 Å². The third-order valence-electron chi connectivity index (χ3n) is 1.87. The van der Waals surface area contributed by atoms with Gasteiger partial charge in [-0.25, -0.2) is 0 Å². The van der Waals surface area contributed by atoms with Crippen molar-refractivity contribution < 1.29 is 13.2 Å². The van der Waals surface area contributed by atoms with Gasteiger partial charge >= 0.3 is 6.18 Å². The minimum Gasteiger partial charge on any atom is -0.313 e. The quantitative estimate of drug-likeness (QED) is 0.674. The van der Waals surface area contributed by atoms with Gasteiger partial charge in [-0.2, -0.15) is 13.2 Å². The Kier molecular flexibility index (Phi) is 5.42. The van der Waals surface area contributed by atoms with E-state index in [1.165, 1.54) is 0 Å². The largest absolute Gasteiger partial charge is 0.428 e. The molecule has 0 aliphatic rings. The van der Waals surface area contributed by atoms with Gasteiger partial charge in [-0.3, -0.25) is 4.99 Å². The van der Waals surface area contributed by atoms with Crippen LogP contribution in [0.25, 0.3) is 0 Å². The van der Waals surface area contributed by atoms with E-state index in [-0.39, 0.29) is 12.5 Å². The van der Waals surface area contributed by atoms with Crippen molar-refractivity contribution in [1.29, 1.82) is 5.41 Å². The van der Waals surface area contributed by atoms with Crippen LogP contribution in [0.4, 0.5) is 13.2 Å². The Hall–Kier alpha value is -0.870. The fourth-order valence-electron chi connectivity index (χ4n) is 0.942. The highest BCUT2D eigenvalue weighted by Crippen LogP contribution is 2.17. The predicted molar refractivity (Wildman–Crippen MR) is 51.2 cm³/mol. The SMILES string of the molecule is CCCC(C=N)CN=C(C)C(F)(F)F. The monoisotopic (exact) mass is 208 g/mol. The molecular formula is C9H15F3N2. The third kappa shape index (κ3) is 4.99. The van der Waals surface area contributed by atoms with Gasteiger partial charge in [0, 0.05) is 18.7 Å². The highest BCUT2D eigenvalue weighted by atomic mass is 19.4. The number of nitrogens with zero attached hydrogens (tertiary/aromatic N) is 1. The lowest BCUT2D eigenvalue weighted by Gasteiger charge is -2.09. The fourth-order valence-corrected chi connectivity index (χ4v) is 0.942. The molecule has 0 heterocycles. The molecule has 0 saturated heterocycles. The molecule has 5 heteroatoms. The van der Waals surface area contributed by atoms with Crippen LogP contribution in [0.3, 0.4) is 0 Å². The van der Waals surface area contributed by atoms with Crippen molar-refractivity contribution in [2.75, 3.05) is 6.54 Å². The Labute approximate surface area is 81.7 Å². The lowest BCUT2D eigenvalue weighted by atomic mass is 10.1. The molecule has 0 fully saturated rings. The lowest BCUT2D eigenvalue weighted by Crippen LogP contribution is -2.21. The van der Waals surface area contributed by atoms with E-state index in [0.29, 0.717) is 6.42 Å². The van der Waals surface area contributed by atoms with Gasteiger partial charge in [0.1, 0.15) is 5.71 Å². The third-order valence-corrected chi connectivity index (χ3v) is 1.87. The number of aliphatic imine (C=N–C) groups is 1. The molecule has 0 aromatic carbocycles. The van der Waals surface area contributed by atoms with E-state index in [1.807, 2.05) is 6.92 Å². The second kappa shape index (κ2) is 5.78. The Morgan fingerprint density at radius 1 is 1.50 bits per heavy atom. The summed E-state index contributed by atoms with van der Waals surface area (Å²) in [5.74, 6) is -0.169. The van der Waals surface area contributed by atoms with Crippen molar-refractivity contribution in [3.05, 3.63) is 0 Å². The minimum atomic E-state index is -4.33. The van der Waals surface area contributed by atoms with Crippen LogP contribution >= 0.6 is 0 Å². The standard InChI is InChI=1S/C9H15F3N2/c1-3-4-8(5-13)6-14-7(2)9(10,11)12/h5,8,13H,3-4,6H2,1-2H3. The first-order valence-corrected chi connectivity index (χ1v) is 4.50. The summed E-state index contributed by atoms with van der Waals surface area (Å²) in [6.45, 7) is 2.94. The molecule has 0 aromatic heterocycles. The molecule has 14 heavy (non-hydrogen) atoms. The van der Waals surface area contributed by atoms with Crippen LogP contribution in [0.15, 0.2) is 4.99 Å². The van der Waals surface area contributed by atoms with Gasteiger partial charge in [0.2, 0.25) is 0 Å². The first-order valence-electron chi connectivity index (χ1n) is 4.50. The van der Waals surface area contributed by atoms with Gasteiger partial charge in [0.05, 0.1) is 0 Å². The second-order valence-electron chi connectivity index (χ2n) is 3.14. The zero-order valence-corrected chi connectivity index (χ0v) is 8.36. The second-order valence-corrected chi connectivity index (χ2v) is 3.14. The zero-order chi connectivity index (χ0) is 11.2. The summed E-state index contributed by atoms with van der Waals surface area (Å²) in [4.78, 5) is 3.43. The predicted octanol–water partition coefficient (Wildman–Crippen LogP) is 3.08. The van der Waals surface area contributed by atoms with E-state index in [4.69, 9.17) is 5.41 Å². The molecule has 0 bridgehead atoms. The van der Waals surface area contributed by atoms with E-state index < -0.39 is 11.9 Å². The van der Waals surface area contributed by atoms with Crippen LogP contribution in [0.1, 0.15) is 26.7 Å². The van der Waals surface area contributed by atoms with Crippen molar-refractivity contribution in [3.63, 3.8) is 0 Å². The topological polar surface area (TPSA) is 36.2 Å². The van der Waals surface area contributed by atoms with Crippen molar-refractivity contribution in [1.82, 2.24) is 0 Å². The molecule has 1 unspecified atom stereocenters. The maximum Gasteiger partial charge on any atom is 0.428 e. The Balaban J connectivity index is 4.18. The molecule has 2 nitrogen and oxygen atoms in total. The van der Waals surface area contributed by atoms with Gasteiger partial charge in [-0.05, 0) is 13.3 Å². The number of nitrogens with one attached hydrogen (secondary N) is 1. The summed E-state index contributed by atoms with van der Waals surface area (Å²) in [7, 11) is 0. The van der Waals surface area contributed by atoms with Crippen LogP contribution in [0, 0.1) is 11.3 Å². The summed E-state index contributed by atoms with van der Waals surface area (Å²) >= 11 is 0. The highest BCUT2D eigenvalue weighted by molar-refractivity contribution is 5.87. The molecule has 0 radical (unpaired) electrons. The van der Waals surface area contributed by atoms with Gasteiger partial charge in [-0.15, -0.1) is 0 Å². The maximum atomic E-state index is 12.0. The zero-order valence-electron chi connectivity index (χ0n) is 8.36. The molecule has 82 valence electrons. The molecule has 0 rings (SSSR count). The summed E-state index contributed by atoms with van der Waals surface area (Å²) in [5.41, 5.74) is -0.819. The number of hydrogen-bond acceptors (Lipinski definition) is 2. The summed E-state index contributed by atoms with van der Waals surface area (Å²) < 4.78 is 36.0. The molecule has 0 saturated carbocycles. The molecule has 0 amide bonds. The van der Waals surface area contributed by atoms with Crippen LogP contribution in [-0.4, -0.2) is 24.6 Å². The van der Waals surface area contributed by atoms with Gasteiger partial charge in [0.25, 0.3) is 0 Å². The van der Waals surface area contributed by atoms with Crippen molar-refractivity contribution in [3.8, 4) is 0 Å². The molecule has 0 aliphatic heterocycles. The Bertz CT molecular complexity index is 209. The van der Waals surface area contributed by atoms with Crippen LogP contribution in [-0.2, 0) is 0 Å². The van der Waals surface area contributed by atoms with E-state index in [2.05, 4.69) is 4.99 Å². The van der Waals surface area contributed by atoms with E-state index in [0.717, 1.165) is 19.6 Å². The van der Waals surface area contributed by atoms with Crippen LogP contribution < -0.4 is 0 Å². The molecule has 0 spiro atoms. The molecule has 0 aliphatic carbocycles. The summed E-state index contributed by atoms with van der Waals surface area (Å²) in [6, 6.07) is 0. The molecule has 1 atom stereocenters. The first kappa shape index (κ1) is 13.1. The van der Waals surface area contributed by atoms with Crippen LogP contribution in [0.2, 0.25) is 0 Å². The summed E-state index contributed by atoms with van der Waals surface area (Å²) in [6.07, 6.45) is -1.62. The first-order chi connectivity index (χ1) is 6.41. The van der Waals surface area contributed by atoms with E-state index >= 15 is 0 Å². The average Bonchev–Trinajstić information content (AvgIpc) is 2.10.